The number of nitrogens with zero attached hydrogens (tertiary/aromatic N) is 4. The Kier molecular flexibility index (Phi) is 5.39. The lowest BCUT2D eigenvalue weighted by Gasteiger charge is -2.17. The molecule has 0 unspecified atom stereocenters. The predicted molar refractivity (Wildman–Crippen MR) is 140 cm³/mol. The smallest absolute Gasteiger partial charge is 0.291 e. The molecule has 2 aromatic heterocycles. The van der Waals surface area contributed by atoms with Crippen molar-refractivity contribution in [3.63, 3.8) is 0 Å². The Hall–Kier alpha value is -3.21. The van der Waals surface area contributed by atoms with Gasteiger partial charge in [0, 0.05) is 20.1 Å². The molecule has 0 radical (unpaired) electrons. The molecule has 10 heteroatoms. The first-order chi connectivity index (χ1) is 16.9. The van der Waals surface area contributed by atoms with E-state index in [2.05, 4.69) is 41.9 Å². The fourth-order valence-electron chi connectivity index (χ4n) is 4.06. The van der Waals surface area contributed by atoms with Gasteiger partial charge in [-0.25, -0.2) is 4.39 Å². The highest BCUT2D eigenvalue weighted by atomic mass is 79.9. The summed E-state index contributed by atoms with van der Waals surface area (Å²) in [6.07, 6.45) is 0. The van der Waals surface area contributed by atoms with Gasteiger partial charge in [0.1, 0.15) is 10.3 Å². The quantitative estimate of drug-likeness (QED) is 0.290. The van der Waals surface area contributed by atoms with Crippen LogP contribution in [0.4, 0.5) is 10.1 Å². The summed E-state index contributed by atoms with van der Waals surface area (Å²) in [6.45, 7) is 0.250. The van der Waals surface area contributed by atoms with E-state index in [1.165, 1.54) is 16.6 Å². The number of amides is 1. The molecule has 172 valence electrons. The molecule has 1 aliphatic heterocycles. The number of anilines is 1. The van der Waals surface area contributed by atoms with Crippen molar-refractivity contribution in [1.29, 1.82) is 0 Å². The molecule has 0 saturated heterocycles. The fraction of sp³-hybridized carbons (Fsp3) is 0.0400. The van der Waals surface area contributed by atoms with Gasteiger partial charge in [0.15, 0.2) is 5.82 Å². The standard InChI is InChI=1S/C25H13Br2FN4O2S/c26-15-5-3-14(4-6-15)22-29-25-32(30-22)24(34)21(35-25)20-18-11-16(27)7-10-19(18)31(23(20)33)12-13-1-8-17(28)9-2-13/h1-11H,12H2. The Balaban J connectivity index is 1.50. The molecular weight excluding hydrogens is 599 g/mol. The minimum atomic E-state index is -0.390. The van der Waals surface area contributed by atoms with Gasteiger partial charge in [-0.1, -0.05) is 67.5 Å². The van der Waals surface area contributed by atoms with Crippen molar-refractivity contribution in [3.8, 4) is 11.4 Å². The molecule has 0 bridgehead atoms. The van der Waals surface area contributed by atoms with Crippen LogP contribution in [0.2, 0.25) is 0 Å². The summed E-state index contributed by atoms with van der Waals surface area (Å²) in [5.74, 6) is -0.195. The summed E-state index contributed by atoms with van der Waals surface area (Å²) in [6, 6.07) is 19.0. The van der Waals surface area contributed by atoms with E-state index in [9.17, 15) is 14.0 Å². The van der Waals surface area contributed by atoms with Crippen molar-refractivity contribution in [3.05, 3.63) is 108 Å². The van der Waals surface area contributed by atoms with Gasteiger partial charge in [0.25, 0.3) is 11.5 Å². The van der Waals surface area contributed by atoms with E-state index in [0.29, 0.717) is 27.6 Å². The zero-order valence-corrected chi connectivity index (χ0v) is 21.7. The largest absolute Gasteiger partial charge is 0.303 e. The first-order valence-electron chi connectivity index (χ1n) is 10.4. The third kappa shape index (κ3) is 3.81. The van der Waals surface area contributed by atoms with E-state index in [-0.39, 0.29) is 22.8 Å². The van der Waals surface area contributed by atoms with E-state index >= 15 is 0 Å². The van der Waals surface area contributed by atoms with Gasteiger partial charge in [0.05, 0.1) is 17.8 Å². The number of rotatable bonds is 3. The summed E-state index contributed by atoms with van der Waals surface area (Å²) < 4.78 is 16.6. The highest BCUT2D eigenvalue weighted by Gasteiger charge is 2.34. The van der Waals surface area contributed by atoms with Crippen LogP contribution >= 0.6 is 43.2 Å². The van der Waals surface area contributed by atoms with Crippen LogP contribution < -0.4 is 15.0 Å². The first-order valence-corrected chi connectivity index (χ1v) is 12.9. The maximum atomic E-state index is 13.6. The molecule has 5 aromatic rings. The second-order valence-electron chi connectivity index (χ2n) is 7.93. The molecule has 1 amide bonds. The van der Waals surface area contributed by atoms with Crippen LogP contribution in [0.1, 0.15) is 11.1 Å². The summed E-state index contributed by atoms with van der Waals surface area (Å²) in [7, 11) is 0. The summed E-state index contributed by atoms with van der Waals surface area (Å²) >= 11 is 8.02. The molecule has 0 fully saturated rings. The van der Waals surface area contributed by atoms with Gasteiger partial charge in [-0.15, -0.1) is 5.10 Å². The van der Waals surface area contributed by atoms with E-state index in [4.69, 9.17) is 0 Å². The Morgan fingerprint density at radius 3 is 2.34 bits per heavy atom. The van der Waals surface area contributed by atoms with Crippen molar-refractivity contribution in [2.45, 2.75) is 6.54 Å². The lowest BCUT2D eigenvalue weighted by atomic mass is 10.1. The molecule has 0 spiro atoms. The zero-order chi connectivity index (χ0) is 24.3. The maximum Gasteiger partial charge on any atom is 0.291 e. The number of hydrogen-bond acceptors (Lipinski definition) is 5. The normalized spacial score (nSPS) is 14.7. The van der Waals surface area contributed by atoms with Crippen molar-refractivity contribution >= 4 is 65.3 Å². The lowest BCUT2D eigenvalue weighted by Crippen LogP contribution is -2.32. The van der Waals surface area contributed by atoms with Crippen LogP contribution in [0.25, 0.3) is 21.9 Å². The molecule has 3 heterocycles. The van der Waals surface area contributed by atoms with Gasteiger partial charge in [-0.2, -0.15) is 9.50 Å². The number of benzene rings is 3. The number of carbonyl (C=O) groups excluding carboxylic acids is 1. The number of thiazole rings is 1. The highest BCUT2D eigenvalue weighted by Crippen LogP contribution is 2.38. The Morgan fingerprint density at radius 1 is 0.914 bits per heavy atom. The Bertz CT molecular complexity index is 1750. The first kappa shape index (κ1) is 22.3. The third-order valence-corrected chi connectivity index (χ3v) is 7.77. The van der Waals surface area contributed by atoms with Gasteiger partial charge in [0.2, 0.25) is 4.96 Å². The monoisotopic (exact) mass is 610 g/mol. The van der Waals surface area contributed by atoms with Crippen LogP contribution in [0.3, 0.4) is 0 Å². The summed E-state index contributed by atoms with van der Waals surface area (Å²) in [5, 5.41) is 4.40. The molecule has 0 aliphatic carbocycles. The Morgan fingerprint density at radius 2 is 1.63 bits per heavy atom. The molecule has 0 atom stereocenters. The minimum Gasteiger partial charge on any atom is -0.303 e. The van der Waals surface area contributed by atoms with E-state index in [0.717, 1.165) is 31.4 Å². The highest BCUT2D eigenvalue weighted by molar-refractivity contribution is 9.10. The van der Waals surface area contributed by atoms with Crippen LogP contribution in [0.15, 0.2) is 80.5 Å². The second-order valence-corrected chi connectivity index (χ2v) is 10.7. The number of carbonyl (C=O) groups is 1. The van der Waals surface area contributed by atoms with Crippen LogP contribution in [0, 0.1) is 5.82 Å². The lowest BCUT2D eigenvalue weighted by molar-refractivity contribution is -0.113. The average molecular weight is 612 g/mol. The van der Waals surface area contributed by atoms with Gasteiger partial charge in [-0.3, -0.25) is 9.59 Å². The van der Waals surface area contributed by atoms with Gasteiger partial charge >= 0.3 is 0 Å². The van der Waals surface area contributed by atoms with Crippen molar-refractivity contribution in [1.82, 2.24) is 14.6 Å². The molecule has 0 N–H and O–H groups in total. The van der Waals surface area contributed by atoms with Crippen molar-refractivity contribution in [2.24, 2.45) is 0 Å². The third-order valence-electron chi connectivity index (χ3n) is 5.72. The SMILES string of the molecule is O=C1C(=c2sc3nc(-c4ccc(Br)cc4)nn3c2=O)c2cc(Br)ccc2N1Cc1ccc(F)cc1. The van der Waals surface area contributed by atoms with Crippen molar-refractivity contribution in [2.75, 3.05) is 4.90 Å². The average Bonchev–Trinajstić information content (AvgIpc) is 3.47. The number of hydrogen-bond donors (Lipinski definition) is 0. The zero-order valence-electron chi connectivity index (χ0n) is 17.7. The minimum absolute atomic E-state index is 0.250. The molecule has 6 nitrogen and oxygen atoms in total. The summed E-state index contributed by atoms with van der Waals surface area (Å²) in [4.78, 5) is 33.6. The predicted octanol–water partition coefficient (Wildman–Crippen LogP) is 4.95. The van der Waals surface area contributed by atoms with Gasteiger partial charge in [-0.05, 0) is 48.0 Å². The van der Waals surface area contributed by atoms with E-state index < -0.39 is 5.56 Å². The van der Waals surface area contributed by atoms with Crippen LogP contribution in [-0.4, -0.2) is 20.5 Å². The fourth-order valence-corrected chi connectivity index (χ4v) is 5.68. The number of aromatic nitrogens is 3. The molecule has 6 rings (SSSR count). The van der Waals surface area contributed by atoms with Gasteiger partial charge < -0.3 is 4.90 Å². The number of fused-ring (bicyclic) bond motifs is 2. The molecule has 0 saturated carbocycles. The molecule has 35 heavy (non-hydrogen) atoms. The molecular formula is C25H13Br2FN4O2S. The van der Waals surface area contributed by atoms with Crippen LogP contribution in [-0.2, 0) is 11.3 Å². The van der Waals surface area contributed by atoms with Crippen molar-refractivity contribution < 1.29 is 9.18 Å². The maximum absolute atomic E-state index is 13.6. The summed E-state index contributed by atoms with van der Waals surface area (Å²) in [5.41, 5.74) is 2.83. The van der Waals surface area contributed by atoms with E-state index in [1.54, 1.807) is 17.0 Å². The van der Waals surface area contributed by atoms with Crippen LogP contribution in [0.5, 0.6) is 0 Å². The Labute approximate surface area is 218 Å². The topological polar surface area (TPSA) is 67.6 Å². The number of halogens is 3. The second kappa shape index (κ2) is 8.47. The molecule has 1 aliphatic rings. The molecule has 3 aromatic carbocycles. The van der Waals surface area contributed by atoms with E-state index in [1.807, 2.05) is 42.5 Å².